The van der Waals surface area contributed by atoms with Crippen LogP contribution in [-0.4, -0.2) is 11.7 Å². The van der Waals surface area contributed by atoms with E-state index in [0.29, 0.717) is 11.8 Å². The molecule has 12 heavy (non-hydrogen) atoms. The average Bonchev–Trinajstić information content (AvgIpc) is 1.93. The van der Waals surface area contributed by atoms with Gasteiger partial charge in [-0.3, -0.25) is 0 Å². The molecule has 0 unspecified atom stereocenters. The molecule has 1 aliphatic heterocycles. The summed E-state index contributed by atoms with van der Waals surface area (Å²) in [6.45, 7) is 3.18. The summed E-state index contributed by atoms with van der Waals surface area (Å²) in [5, 5.41) is 12.6. The third-order valence-electron chi connectivity index (χ3n) is 2.46. The first kappa shape index (κ1) is 7.62. The van der Waals surface area contributed by atoms with E-state index in [0.717, 1.165) is 6.54 Å². The van der Waals surface area contributed by atoms with Gasteiger partial charge in [0, 0.05) is 6.04 Å². The van der Waals surface area contributed by atoms with Crippen LogP contribution in [0.5, 0.6) is 5.75 Å². The molecule has 0 bridgehead atoms. The van der Waals surface area contributed by atoms with Crippen molar-refractivity contribution in [3.05, 3.63) is 29.3 Å². The zero-order valence-corrected chi connectivity index (χ0v) is 7.17. The fourth-order valence-corrected chi connectivity index (χ4v) is 1.56. The van der Waals surface area contributed by atoms with Crippen LogP contribution in [0, 0.1) is 6.92 Å². The summed E-state index contributed by atoms with van der Waals surface area (Å²) in [6.07, 6.45) is 1.18. The highest BCUT2D eigenvalue weighted by Gasteiger charge is 2.20. The molecule has 1 heterocycles. The van der Waals surface area contributed by atoms with E-state index in [1.165, 1.54) is 17.5 Å². The van der Waals surface area contributed by atoms with Gasteiger partial charge in [-0.15, -0.1) is 0 Å². The Labute approximate surface area is 72.2 Å². The minimum absolute atomic E-state index is 0.365. The van der Waals surface area contributed by atoms with E-state index in [2.05, 4.69) is 12.2 Å². The second-order valence-electron chi connectivity index (χ2n) is 3.34. The van der Waals surface area contributed by atoms with Crippen LogP contribution in [0.2, 0.25) is 0 Å². The molecule has 2 rings (SSSR count). The topological polar surface area (TPSA) is 32.3 Å². The quantitative estimate of drug-likeness (QED) is 0.661. The van der Waals surface area contributed by atoms with Crippen molar-refractivity contribution >= 4 is 0 Å². The molecule has 2 nitrogen and oxygen atoms in total. The Kier molecular flexibility index (Phi) is 1.77. The highest BCUT2D eigenvalue weighted by Crippen LogP contribution is 2.28. The maximum absolute atomic E-state index is 9.28. The smallest absolute Gasteiger partial charge is 0.115 e. The lowest BCUT2D eigenvalue weighted by Crippen LogP contribution is -2.35. The maximum atomic E-state index is 9.28. The first-order chi connectivity index (χ1) is 5.77. The van der Waals surface area contributed by atoms with Crippen molar-refractivity contribution in [1.29, 1.82) is 0 Å². The number of aryl methyl sites for hydroxylation is 1. The van der Waals surface area contributed by atoms with Crippen molar-refractivity contribution in [3.8, 4) is 5.75 Å². The Morgan fingerprint density at radius 3 is 2.83 bits per heavy atom. The van der Waals surface area contributed by atoms with Crippen LogP contribution < -0.4 is 5.32 Å². The van der Waals surface area contributed by atoms with Crippen LogP contribution in [0.3, 0.4) is 0 Å². The monoisotopic (exact) mass is 163 g/mol. The first-order valence-electron chi connectivity index (χ1n) is 4.30. The summed E-state index contributed by atoms with van der Waals surface area (Å²) in [5.74, 6) is 0.365. The molecule has 0 amide bonds. The van der Waals surface area contributed by atoms with Crippen molar-refractivity contribution in [2.24, 2.45) is 0 Å². The number of phenols is 1. The molecule has 1 aliphatic rings. The van der Waals surface area contributed by atoms with E-state index < -0.39 is 0 Å². The minimum Gasteiger partial charge on any atom is -0.508 e. The van der Waals surface area contributed by atoms with Crippen molar-refractivity contribution in [3.63, 3.8) is 0 Å². The van der Waals surface area contributed by atoms with Gasteiger partial charge in [0.25, 0.3) is 0 Å². The average molecular weight is 163 g/mol. The molecule has 1 aromatic carbocycles. The molecule has 64 valence electrons. The molecule has 0 saturated carbocycles. The van der Waals surface area contributed by atoms with Crippen molar-refractivity contribution < 1.29 is 5.11 Å². The van der Waals surface area contributed by atoms with Crippen LogP contribution in [0.25, 0.3) is 0 Å². The molecule has 1 atom stereocenters. The molecule has 1 saturated heterocycles. The molecule has 1 aromatic rings. The zero-order valence-electron chi connectivity index (χ0n) is 7.17. The normalized spacial score (nSPS) is 21.9. The number of benzene rings is 1. The minimum atomic E-state index is 0.365. The maximum Gasteiger partial charge on any atom is 0.115 e. The Bertz CT molecular complexity index is 292. The standard InChI is InChI=1S/C10H13NO/c1-7-2-3-8(12)6-9(7)10-4-5-11-10/h2-3,6,10-12H,4-5H2,1H3/t10-/m1/s1. The van der Waals surface area contributed by atoms with Crippen LogP contribution >= 0.6 is 0 Å². The summed E-state index contributed by atoms with van der Waals surface area (Å²) < 4.78 is 0. The lowest BCUT2D eigenvalue weighted by molar-refractivity contribution is 0.379. The predicted octanol–water partition coefficient (Wildman–Crippen LogP) is 1.74. The van der Waals surface area contributed by atoms with E-state index in [1.807, 2.05) is 12.1 Å². The van der Waals surface area contributed by atoms with Crippen molar-refractivity contribution in [2.45, 2.75) is 19.4 Å². The molecule has 1 fully saturated rings. The molecule has 0 aromatic heterocycles. The summed E-state index contributed by atoms with van der Waals surface area (Å²) in [4.78, 5) is 0. The lowest BCUT2D eigenvalue weighted by atomic mass is 9.94. The Morgan fingerprint density at radius 2 is 2.25 bits per heavy atom. The summed E-state index contributed by atoms with van der Waals surface area (Å²) in [5.41, 5.74) is 2.49. The zero-order chi connectivity index (χ0) is 8.55. The second kappa shape index (κ2) is 2.79. The SMILES string of the molecule is Cc1ccc(O)cc1[C@H]1CCN1. The van der Waals surface area contributed by atoms with Gasteiger partial charge in [-0.2, -0.15) is 0 Å². The summed E-state index contributed by atoms with van der Waals surface area (Å²) in [7, 11) is 0. The Morgan fingerprint density at radius 1 is 1.50 bits per heavy atom. The molecule has 2 heteroatoms. The van der Waals surface area contributed by atoms with E-state index in [1.54, 1.807) is 6.07 Å². The fourth-order valence-electron chi connectivity index (χ4n) is 1.56. The van der Waals surface area contributed by atoms with E-state index >= 15 is 0 Å². The molecule has 0 spiro atoms. The van der Waals surface area contributed by atoms with Gasteiger partial charge in [0.15, 0.2) is 0 Å². The lowest BCUT2D eigenvalue weighted by Gasteiger charge is -2.29. The van der Waals surface area contributed by atoms with Gasteiger partial charge >= 0.3 is 0 Å². The van der Waals surface area contributed by atoms with Gasteiger partial charge in [0.1, 0.15) is 5.75 Å². The third-order valence-corrected chi connectivity index (χ3v) is 2.46. The van der Waals surface area contributed by atoms with Crippen molar-refractivity contribution in [1.82, 2.24) is 5.32 Å². The fraction of sp³-hybridized carbons (Fsp3) is 0.400. The van der Waals surface area contributed by atoms with Gasteiger partial charge in [-0.05, 0) is 43.1 Å². The van der Waals surface area contributed by atoms with Gasteiger partial charge in [0.05, 0.1) is 0 Å². The highest BCUT2D eigenvalue weighted by molar-refractivity contribution is 5.36. The number of nitrogens with one attached hydrogen (secondary N) is 1. The predicted molar refractivity (Wildman–Crippen MR) is 48.2 cm³/mol. The summed E-state index contributed by atoms with van der Waals surface area (Å²) >= 11 is 0. The van der Waals surface area contributed by atoms with Gasteiger partial charge in [0.2, 0.25) is 0 Å². The van der Waals surface area contributed by atoms with Crippen LogP contribution in [0.4, 0.5) is 0 Å². The van der Waals surface area contributed by atoms with Crippen LogP contribution in [0.1, 0.15) is 23.6 Å². The van der Waals surface area contributed by atoms with Crippen LogP contribution in [-0.2, 0) is 0 Å². The second-order valence-corrected chi connectivity index (χ2v) is 3.34. The first-order valence-corrected chi connectivity index (χ1v) is 4.30. The molecular formula is C10H13NO. The van der Waals surface area contributed by atoms with E-state index in [-0.39, 0.29) is 0 Å². The summed E-state index contributed by atoms with van der Waals surface area (Å²) in [6, 6.07) is 6.02. The number of hydrogen-bond acceptors (Lipinski definition) is 2. The molecule has 0 radical (unpaired) electrons. The number of phenolic OH excluding ortho intramolecular Hbond substituents is 1. The largest absolute Gasteiger partial charge is 0.508 e. The van der Waals surface area contributed by atoms with Gasteiger partial charge < -0.3 is 10.4 Å². The van der Waals surface area contributed by atoms with Crippen LogP contribution in [0.15, 0.2) is 18.2 Å². The Hall–Kier alpha value is -1.02. The number of hydrogen-bond donors (Lipinski definition) is 2. The molecular weight excluding hydrogens is 150 g/mol. The van der Waals surface area contributed by atoms with Gasteiger partial charge in [-0.1, -0.05) is 6.07 Å². The van der Waals surface area contributed by atoms with Gasteiger partial charge in [-0.25, -0.2) is 0 Å². The number of aromatic hydroxyl groups is 1. The third kappa shape index (κ3) is 1.18. The van der Waals surface area contributed by atoms with E-state index in [9.17, 15) is 5.11 Å². The Balaban J connectivity index is 2.34. The number of rotatable bonds is 1. The molecule has 0 aliphatic carbocycles. The van der Waals surface area contributed by atoms with E-state index in [4.69, 9.17) is 0 Å². The highest BCUT2D eigenvalue weighted by atomic mass is 16.3. The molecule has 2 N–H and O–H groups in total. The van der Waals surface area contributed by atoms with Crippen molar-refractivity contribution in [2.75, 3.05) is 6.54 Å².